The van der Waals surface area contributed by atoms with Crippen LogP contribution in [-0.2, 0) is 6.42 Å². The van der Waals surface area contributed by atoms with Crippen LogP contribution < -0.4 is 15.4 Å². The van der Waals surface area contributed by atoms with Gasteiger partial charge >= 0.3 is 0 Å². The van der Waals surface area contributed by atoms with Crippen LogP contribution in [0.2, 0.25) is 0 Å². The zero-order valence-corrected chi connectivity index (χ0v) is 10.9. The maximum absolute atomic E-state index is 5.23. The summed E-state index contributed by atoms with van der Waals surface area (Å²) in [5.41, 5.74) is 2.62. The first-order chi connectivity index (χ1) is 8.19. The molecule has 0 amide bonds. The van der Waals surface area contributed by atoms with E-state index in [1.54, 1.807) is 7.11 Å². The molecule has 1 aromatic rings. The van der Waals surface area contributed by atoms with Crippen molar-refractivity contribution in [2.24, 2.45) is 5.92 Å². The zero-order valence-electron chi connectivity index (χ0n) is 10.9. The van der Waals surface area contributed by atoms with Crippen LogP contribution in [0.1, 0.15) is 19.4 Å². The second-order valence-electron chi connectivity index (χ2n) is 5.04. The minimum absolute atomic E-state index is 0.562. The molecule has 3 heteroatoms. The quantitative estimate of drug-likeness (QED) is 0.838. The van der Waals surface area contributed by atoms with E-state index >= 15 is 0 Å². The molecule has 2 N–H and O–H groups in total. The lowest BCUT2D eigenvalue weighted by atomic mass is 9.93. The van der Waals surface area contributed by atoms with Crippen LogP contribution >= 0.6 is 0 Å². The average Bonchev–Trinajstić information content (AvgIpc) is 2.35. The van der Waals surface area contributed by atoms with E-state index in [1.165, 1.54) is 11.3 Å². The molecule has 3 nitrogen and oxygen atoms in total. The third-order valence-corrected chi connectivity index (χ3v) is 3.22. The lowest BCUT2D eigenvalue weighted by molar-refractivity contribution is 0.413. The normalized spacial score (nSPS) is 18.7. The van der Waals surface area contributed by atoms with Gasteiger partial charge in [0.15, 0.2) is 0 Å². The first-order valence-electron chi connectivity index (χ1n) is 6.33. The van der Waals surface area contributed by atoms with E-state index in [0.717, 1.165) is 25.3 Å². The third kappa shape index (κ3) is 3.13. The van der Waals surface area contributed by atoms with Crippen molar-refractivity contribution in [3.8, 4) is 5.75 Å². The molecular formula is C14H22N2O. The van der Waals surface area contributed by atoms with Gasteiger partial charge in [-0.2, -0.15) is 0 Å². The number of hydrogen-bond acceptors (Lipinski definition) is 3. The Morgan fingerprint density at radius 3 is 3.00 bits per heavy atom. The van der Waals surface area contributed by atoms with Gasteiger partial charge in [0.25, 0.3) is 0 Å². The highest BCUT2D eigenvalue weighted by atomic mass is 16.5. The number of methoxy groups -OCH3 is 1. The van der Waals surface area contributed by atoms with Crippen LogP contribution in [0.4, 0.5) is 5.69 Å². The highest BCUT2D eigenvalue weighted by molar-refractivity contribution is 5.57. The molecule has 1 aromatic carbocycles. The Kier molecular flexibility index (Phi) is 3.89. The molecule has 94 valence electrons. The minimum Gasteiger partial charge on any atom is -0.497 e. The van der Waals surface area contributed by atoms with E-state index < -0.39 is 0 Å². The van der Waals surface area contributed by atoms with Crippen LogP contribution in [0.5, 0.6) is 5.75 Å². The van der Waals surface area contributed by atoms with Gasteiger partial charge < -0.3 is 15.4 Å². The molecule has 1 aliphatic rings. The molecule has 17 heavy (non-hydrogen) atoms. The van der Waals surface area contributed by atoms with Crippen molar-refractivity contribution in [2.45, 2.75) is 26.3 Å². The number of rotatable bonds is 4. The molecule has 0 aliphatic carbocycles. The number of benzene rings is 1. The van der Waals surface area contributed by atoms with E-state index in [4.69, 9.17) is 4.74 Å². The molecule has 0 saturated carbocycles. The van der Waals surface area contributed by atoms with Crippen LogP contribution in [0.3, 0.4) is 0 Å². The number of hydrogen-bond donors (Lipinski definition) is 2. The Balaban J connectivity index is 1.99. The van der Waals surface area contributed by atoms with Crippen molar-refractivity contribution in [2.75, 3.05) is 25.5 Å². The molecule has 1 unspecified atom stereocenters. The molecule has 0 bridgehead atoms. The molecule has 0 aromatic heterocycles. The van der Waals surface area contributed by atoms with E-state index in [-0.39, 0.29) is 0 Å². The SMILES string of the molecule is COc1ccc2c(c1)NCC(CNC(C)C)C2. The summed E-state index contributed by atoms with van der Waals surface area (Å²) < 4.78 is 5.23. The van der Waals surface area contributed by atoms with Crippen LogP contribution in [0.15, 0.2) is 18.2 Å². The number of anilines is 1. The van der Waals surface area contributed by atoms with Crippen molar-refractivity contribution in [1.29, 1.82) is 0 Å². The van der Waals surface area contributed by atoms with Crippen molar-refractivity contribution >= 4 is 5.69 Å². The van der Waals surface area contributed by atoms with E-state index in [0.29, 0.717) is 12.0 Å². The number of fused-ring (bicyclic) bond motifs is 1. The van der Waals surface area contributed by atoms with Gasteiger partial charge in [0.1, 0.15) is 5.75 Å². The summed E-state index contributed by atoms with van der Waals surface area (Å²) >= 11 is 0. The Labute approximate surface area is 104 Å². The number of ether oxygens (including phenoxy) is 1. The maximum atomic E-state index is 5.23. The Morgan fingerprint density at radius 2 is 2.29 bits per heavy atom. The monoisotopic (exact) mass is 234 g/mol. The Hall–Kier alpha value is -1.22. The van der Waals surface area contributed by atoms with Gasteiger partial charge in [-0.3, -0.25) is 0 Å². The molecule has 0 radical (unpaired) electrons. The molecule has 1 aliphatic heterocycles. The molecule has 0 saturated heterocycles. The highest BCUT2D eigenvalue weighted by Gasteiger charge is 2.18. The fourth-order valence-corrected chi connectivity index (χ4v) is 2.21. The van der Waals surface area contributed by atoms with Gasteiger partial charge in [-0.1, -0.05) is 19.9 Å². The first kappa shape index (κ1) is 12.2. The molecule has 0 spiro atoms. The Morgan fingerprint density at radius 1 is 1.47 bits per heavy atom. The smallest absolute Gasteiger partial charge is 0.120 e. The fraction of sp³-hybridized carbons (Fsp3) is 0.571. The van der Waals surface area contributed by atoms with E-state index in [9.17, 15) is 0 Å². The standard InChI is InChI=1S/C14H22N2O/c1-10(2)15-8-11-6-12-4-5-13(17-3)7-14(12)16-9-11/h4-5,7,10-11,15-16H,6,8-9H2,1-3H3. The second kappa shape index (κ2) is 5.41. The minimum atomic E-state index is 0.562. The van der Waals surface area contributed by atoms with Crippen LogP contribution in [0.25, 0.3) is 0 Å². The average molecular weight is 234 g/mol. The summed E-state index contributed by atoms with van der Waals surface area (Å²) in [5, 5.41) is 7.00. The second-order valence-corrected chi connectivity index (χ2v) is 5.04. The predicted octanol–water partition coefficient (Wildman–Crippen LogP) is 2.28. The van der Waals surface area contributed by atoms with Crippen molar-refractivity contribution in [3.05, 3.63) is 23.8 Å². The summed E-state index contributed by atoms with van der Waals surface area (Å²) in [6.07, 6.45) is 1.14. The molecule has 0 fully saturated rings. The van der Waals surface area contributed by atoms with Gasteiger partial charge in [0, 0.05) is 30.9 Å². The summed E-state index contributed by atoms with van der Waals surface area (Å²) in [5.74, 6) is 1.60. The van der Waals surface area contributed by atoms with E-state index in [2.05, 4.69) is 36.6 Å². The highest BCUT2D eigenvalue weighted by Crippen LogP contribution is 2.28. The maximum Gasteiger partial charge on any atom is 0.120 e. The summed E-state index contributed by atoms with van der Waals surface area (Å²) in [7, 11) is 1.71. The van der Waals surface area contributed by atoms with Crippen molar-refractivity contribution in [3.63, 3.8) is 0 Å². The molecule has 1 heterocycles. The van der Waals surface area contributed by atoms with Crippen molar-refractivity contribution in [1.82, 2.24) is 5.32 Å². The molecular weight excluding hydrogens is 212 g/mol. The van der Waals surface area contributed by atoms with Gasteiger partial charge in [-0.25, -0.2) is 0 Å². The Bertz CT molecular complexity index is 376. The third-order valence-electron chi connectivity index (χ3n) is 3.22. The summed E-state index contributed by atoms with van der Waals surface area (Å²) in [6.45, 7) is 6.50. The van der Waals surface area contributed by atoms with Gasteiger partial charge in [-0.05, 0) is 24.0 Å². The van der Waals surface area contributed by atoms with Crippen LogP contribution in [-0.4, -0.2) is 26.2 Å². The zero-order chi connectivity index (χ0) is 12.3. The first-order valence-corrected chi connectivity index (χ1v) is 6.33. The lowest BCUT2D eigenvalue weighted by Gasteiger charge is -2.27. The number of nitrogens with one attached hydrogen (secondary N) is 2. The van der Waals surface area contributed by atoms with Crippen molar-refractivity contribution < 1.29 is 4.74 Å². The van der Waals surface area contributed by atoms with Crippen LogP contribution in [0, 0.1) is 5.92 Å². The molecule has 1 atom stereocenters. The van der Waals surface area contributed by atoms with E-state index in [1.807, 2.05) is 6.07 Å². The van der Waals surface area contributed by atoms with Gasteiger partial charge in [-0.15, -0.1) is 0 Å². The lowest BCUT2D eigenvalue weighted by Crippen LogP contribution is -2.35. The fourth-order valence-electron chi connectivity index (χ4n) is 2.21. The van der Waals surface area contributed by atoms with Gasteiger partial charge in [0.05, 0.1) is 7.11 Å². The topological polar surface area (TPSA) is 33.3 Å². The largest absolute Gasteiger partial charge is 0.497 e. The summed E-state index contributed by atoms with van der Waals surface area (Å²) in [4.78, 5) is 0. The summed E-state index contributed by atoms with van der Waals surface area (Å²) in [6, 6.07) is 6.86. The predicted molar refractivity (Wildman–Crippen MR) is 71.8 cm³/mol. The van der Waals surface area contributed by atoms with Gasteiger partial charge in [0.2, 0.25) is 0 Å². The molecule has 2 rings (SSSR count).